The third-order valence-electron chi connectivity index (χ3n) is 4.15. The molecule has 1 saturated heterocycles. The van der Waals surface area contributed by atoms with Crippen LogP contribution in [0.2, 0.25) is 0 Å². The number of hydrogen-bond acceptors (Lipinski definition) is 9. The number of carbonyl (C=O) groups is 1. The summed E-state index contributed by atoms with van der Waals surface area (Å²) in [4.78, 5) is 14.2. The Kier molecular flexibility index (Phi) is 6.40. The summed E-state index contributed by atoms with van der Waals surface area (Å²) < 4.78 is 22.7. The topological polar surface area (TPSA) is 79.0 Å². The minimum atomic E-state index is -0.211. The van der Waals surface area contributed by atoms with Gasteiger partial charge in [0.05, 0.1) is 28.0 Å². The molecule has 3 rings (SSSR count). The molecule has 0 amide bonds. The van der Waals surface area contributed by atoms with Crippen LogP contribution in [0.1, 0.15) is 0 Å². The van der Waals surface area contributed by atoms with E-state index in [1.54, 1.807) is 48.9 Å². The molecule has 27 heavy (non-hydrogen) atoms. The van der Waals surface area contributed by atoms with Crippen LogP contribution in [0.5, 0.6) is 11.5 Å². The molecule has 1 fully saturated rings. The van der Waals surface area contributed by atoms with Crippen LogP contribution in [-0.2, 0) is 16.2 Å². The summed E-state index contributed by atoms with van der Waals surface area (Å²) in [5.74, 6) is 2.28. The van der Waals surface area contributed by atoms with Crippen LogP contribution in [-0.4, -0.2) is 66.1 Å². The largest absolute Gasteiger partial charge is 0.497 e. The molecular weight excluding hydrogens is 390 g/mol. The Morgan fingerprint density at radius 2 is 2.00 bits per heavy atom. The summed E-state index contributed by atoms with van der Waals surface area (Å²) in [5, 5.41) is 4.28. The smallest absolute Gasteiger partial charge is 0.320 e. The SMILES string of the molecule is COC(=O)[C@H]1CN(Cn2nc(-c3cc(OC)cc(OC)c3)oc2=S)CCS1. The highest BCUT2D eigenvalue weighted by Crippen LogP contribution is 2.29. The molecule has 146 valence electrons. The first-order valence-electron chi connectivity index (χ1n) is 8.27. The number of benzene rings is 1. The van der Waals surface area contributed by atoms with Crippen molar-refractivity contribution in [2.75, 3.05) is 40.2 Å². The molecule has 1 aliphatic rings. The lowest BCUT2D eigenvalue weighted by Crippen LogP contribution is -2.42. The van der Waals surface area contributed by atoms with Crippen molar-refractivity contribution in [2.24, 2.45) is 0 Å². The van der Waals surface area contributed by atoms with Gasteiger partial charge >= 0.3 is 5.97 Å². The van der Waals surface area contributed by atoms with Crippen molar-refractivity contribution in [3.8, 4) is 23.0 Å². The van der Waals surface area contributed by atoms with Crippen molar-refractivity contribution in [1.82, 2.24) is 14.7 Å². The molecule has 1 aliphatic heterocycles. The Morgan fingerprint density at radius 3 is 2.63 bits per heavy atom. The first kappa shape index (κ1) is 19.7. The summed E-state index contributed by atoms with van der Waals surface area (Å²) in [7, 11) is 4.57. The number of hydrogen-bond donors (Lipinski definition) is 0. The van der Waals surface area contributed by atoms with Gasteiger partial charge in [-0.2, -0.15) is 0 Å². The molecule has 0 radical (unpaired) electrons. The number of ether oxygens (including phenoxy) is 3. The van der Waals surface area contributed by atoms with Crippen LogP contribution in [0.4, 0.5) is 0 Å². The maximum Gasteiger partial charge on any atom is 0.320 e. The van der Waals surface area contributed by atoms with E-state index in [0.29, 0.717) is 36.2 Å². The Bertz CT molecular complexity index is 844. The van der Waals surface area contributed by atoms with Crippen LogP contribution in [0.25, 0.3) is 11.5 Å². The highest BCUT2D eigenvalue weighted by molar-refractivity contribution is 8.00. The first-order valence-corrected chi connectivity index (χ1v) is 9.73. The fourth-order valence-corrected chi connectivity index (χ4v) is 4.11. The second-order valence-corrected chi connectivity index (χ2v) is 7.53. The molecule has 10 heteroatoms. The van der Waals surface area contributed by atoms with Gasteiger partial charge in [0.1, 0.15) is 16.7 Å². The molecule has 0 spiro atoms. The molecule has 2 heterocycles. The average molecular weight is 412 g/mol. The molecule has 1 aromatic carbocycles. The molecule has 1 aromatic heterocycles. The number of nitrogens with zero attached hydrogens (tertiary/aromatic N) is 3. The van der Waals surface area contributed by atoms with Gasteiger partial charge in [0.15, 0.2) is 0 Å². The van der Waals surface area contributed by atoms with E-state index < -0.39 is 0 Å². The van der Waals surface area contributed by atoms with Gasteiger partial charge in [-0.3, -0.25) is 9.69 Å². The molecule has 0 aliphatic carbocycles. The Labute approximate surface area is 166 Å². The predicted octanol–water partition coefficient (Wildman–Crippen LogP) is 2.44. The van der Waals surface area contributed by atoms with Crippen molar-refractivity contribution in [2.45, 2.75) is 11.9 Å². The first-order chi connectivity index (χ1) is 13.0. The predicted molar refractivity (Wildman–Crippen MR) is 104 cm³/mol. The Hall–Kier alpha value is -2.04. The maximum atomic E-state index is 11.8. The number of carbonyl (C=O) groups excluding carboxylic acids is 1. The molecule has 0 N–H and O–H groups in total. The zero-order chi connectivity index (χ0) is 19.4. The Balaban J connectivity index is 1.79. The van der Waals surface area contributed by atoms with E-state index in [0.717, 1.165) is 12.3 Å². The van der Waals surface area contributed by atoms with Crippen molar-refractivity contribution in [3.63, 3.8) is 0 Å². The maximum absolute atomic E-state index is 11.8. The van der Waals surface area contributed by atoms with Crippen molar-refractivity contribution in [1.29, 1.82) is 0 Å². The van der Waals surface area contributed by atoms with E-state index in [-0.39, 0.29) is 16.1 Å². The van der Waals surface area contributed by atoms with Gasteiger partial charge in [-0.15, -0.1) is 16.9 Å². The minimum absolute atomic E-state index is 0.202. The highest BCUT2D eigenvalue weighted by Gasteiger charge is 2.27. The third-order valence-corrected chi connectivity index (χ3v) is 5.61. The van der Waals surface area contributed by atoms with Crippen LogP contribution < -0.4 is 9.47 Å². The molecule has 8 nitrogen and oxygen atoms in total. The third kappa shape index (κ3) is 4.63. The van der Waals surface area contributed by atoms with Gasteiger partial charge in [0.2, 0.25) is 5.89 Å². The van der Waals surface area contributed by atoms with E-state index >= 15 is 0 Å². The highest BCUT2D eigenvalue weighted by atomic mass is 32.2. The fourth-order valence-electron chi connectivity index (χ4n) is 2.74. The normalized spacial score (nSPS) is 17.5. The fraction of sp³-hybridized carbons (Fsp3) is 0.471. The van der Waals surface area contributed by atoms with Crippen molar-refractivity contribution < 1.29 is 23.4 Å². The summed E-state index contributed by atoms with van der Waals surface area (Å²) in [5.41, 5.74) is 0.706. The van der Waals surface area contributed by atoms with Gasteiger partial charge in [-0.1, -0.05) is 0 Å². The standard InChI is InChI=1S/C17H21N3O5S2/c1-22-12-6-11(7-13(8-12)23-2)15-18-20(17(26)25-15)10-19-4-5-27-14(9-19)16(21)24-3/h6-8,14H,4-5,9-10H2,1-3H3/t14-/m1/s1. The van der Waals surface area contributed by atoms with E-state index in [1.807, 2.05) is 0 Å². The molecule has 1 atom stereocenters. The second-order valence-electron chi connectivity index (χ2n) is 5.88. The minimum Gasteiger partial charge on any atom is -0.497 e. The molecule has 2 aromatic rings. The van der Waals surface area contributed by atoms with Gasteiger partial charge in [-0.25, -0.2) is 4.68 Å². The Morgan fingerprint density at radius 1 is 1.30 bits per heavy atom. The number of methoxy groups -OCH3 is 3. The van der Waals surface area contributed by atoms with Crippen LogP contribution in [0.15, 0.2) is 22.6 Å². The van der Waals surface area contributed by atoms with Crippen molar-refractivity contribution >= 4 is 29.9 Å². The number of esters is 1. The van der Waals surface area contributed by atoms with Gasteiger partial charge < -0.3 is 18.6 Å². The lowest BCUT2D eigenvalue weighted by molar-refractivity contribution is -0.140. The monoisotopic (exact) mass is 411 g/mol. The van der Waals surface area contributed by atoms with Gasteiger partial charge in [0, 0.05) is 30.5 Å². The number of thioether (sulfide) groups is 1. The van der Waals surface area contributed by atoms with E-state index in [4.69, 9.17) is 30.8 Å². The van der Waals surface area contributed by atoms with E-state index in [9.17, 15) is 4.79 Å². The zero-order valence-electron chi connectivity index (χ0n) is 15.3. The number of aromatic nitrogens is 2. The molecule has 0 bridgehead atoms. The summed E-state index contributed by atoms with van der Waals surface area (Å²) in [6, 6.07) is 5.38. The second kappa shape index (κ2) is 8.77. The quantitative estimate of drug-likeness (QED) is 0.526. The van der Waals surface area contributed by atoms with Crippen LogP contribution in [0.3, 0.4) is 0 Å². The lowest BCUT2D eigenvalue weighted by Gasteiger charge is -2.30. The lowest BCUT2D eigenvalue weighted by atomic mass is 10.2. The molecule has 0 unspecified atom stereocenters. The van der Waals surface area contributed by atoms with Crippen LogP contribution in [0, 0.1) is 4.84 Å². The molecule has 0 saturated carbocycles. The summed E-state index contributed by atoms with van der Waals surface area (Å²) in [6.45, 7) is 1.85. The van der Waals surface area contributed by atoms with Crippen LogP contribution >= 0.6 is 24.0 Å². The summed E-state index contributed by atoms with van der Waals surface area (Å²) >= 11 is 6.92. The van der Waals surface area contributed by atoms with Gasteiger partial charge in [-0.05, 0) is 24.4 Å². The molecular formula is C17H21N3O5S2. The summed E-state index contributed by atoms with van der Waals surface area (Å²) in [6.07, 6.45) is 0. The van der Waals surface area contributed by atoms with Crippen molar-refractivity contribution in [3.05, 3.63) is 23.0 Å². The number of rotatable bonds is 6. The van der Waals surface area contributed by atoms with E-state index in [2.05, 4.69) is 10.00 Å². The average Bonchev–Trinajstić information content (AvgIpc) is 3.07. The van der Waals surface area contributed by atoms with E-state index in [1.165, 1.54) is 7.11 Å². The zero-order valence-corrected chi connectivity index (χ0v) is 17.0. The van der Waals surface area contributed by atoms with Gasteiger partial charge in [0.25, 0.3) is 4.84 Å².